The molecule has 0 aliphatic rings. The van der Waals surface area contributed by atoms with Crippen LogP contribution in [0.5, 0.6) is 0 Å². The molecule has 0 aromatic rings. The van der Waals surface area contributed by atoms with Gasteiger partial charge in [-0.05, 0) is 0 Å². The fourth-order valence-electron chi connectivity index (χ4n) is 4.89. The molecule has 0 amide bonds. The predicted octanol–water partition coefficient (Wildman–Crippen LogP) is 12.5. The predicted molar refractivity (Wildman–Crippen MR) is 164 cm³/mol. The Balaban J connectivity index is 0. The van der Waals surface area contributed by atoms with Crippen LogP contribution in [0.3, 0.4) is 0 Å². The zero-order valence-electron chi connectivity index (χ0n) is 25.2. The molecule has 0 N–H and O–H groups in total. The van der Waals surface area contributed by atoms with E-state index in [0.29, 0.717) is 40.7 Å². The molecule has 2 heteroatoms. The van der Waals surface area contributed by atoms with Crippen LogP contribution in [-0.2, 0) is 0 Å². The van der Waals surface area contributed by atoms with E-state index in [1.54, 1.807) is 31.0 Å². The second-order valence-electron chi connectivity index (χ2n) is 11.2. The van der Waals surface area contributed by atoms with Gasteiger partial charge in [-0.3, -0.25) is 0 Å². The summed E-state index contributed by atoms with van der Waals surface area (Å²) in [5.74, 6) is 0. The smallest absolute Gasteiger partial charge is 0.146 e. The third-order valence-electron chi connectivity index (χ3n) is 7.41. The molecular weight excluding hydrogens is 433 g/mol. The van der Waals surface area contributed by atoms with Gasteiger partial charge in [0.25, 0.3) is 0 Å². The Hall–Kier alpha value is 1.53. The van der Waals surface area contributed by atoms with Gasteiger partial charge in [0.2, 0.25) is 0 Å². The topological polar surface area (TPSA) is 0 Å². The Kier molecular flexibility index (Phi) is 43.3. The summed E-state index contributed by atoms with van der Waals surface area (Å²) in [4.78, 5) is 0. The molecule has 0 saturated heterocycles. The Morgan fingerprint density at radius 1 is 0.235 bits per heavy atom. The average molecular weight is 502 g/mol. The van der Waals surface area contributed by atoms with Crippen molar-refractivity contribution in [1.82, 2.24) is 0 Å². The van der Waals surface area contributed by atoms with Gasteiger partial charge in [-0.2, -0.15) is 0 Å². The van der Waals surface area contributed by atoms with Crippen LogP contribution in [-0.4, -0.2) is 40.7 Å². The average Bonchev–Trinajstić information content (AvgIpc) is 2.85. The SMILES string of the molecule is CCCCCCCCC[CH2][Mg][CH2]CCCCCCCCC.CCCCC[CH2][Mg][CH2]CCCCC. The summed E-state index contributed by atoms with van der Waals surface area (Å²) in [6.45, 7) is 9.19. The van der Waals surface area contributed by atoms with Crippen LogP contribution in [0.15, 0.2) is 0 Å². The zero-order chi connectivity index (χ0) is 25.2. The van der Waals surface area contributed by atoms with Gasteiger partial charge in [0.05, 0.1) is 0 Å². The van der Waals surface area contributed by atoms with E-state index >= 15 is 0 Å². The minimum Gasteiger partial charge on any atom is -0.146 e. The van der Waals surface area contributed by atoms with Gasteiger partial charge in [-0.1, -0.05) is 182 Å². The molecule has 0 aliphatic heterocycles. The first kappa shape index (κ1) is 37.7. The molecule has 0 rings (SSSR count). The molecule has 0 atom stereocenters. The van der Waals surface area contributed by atoms with Gasteiger partial charge in [0.15, 0.2) is 0 Å². The van der Waals surface area contributed by atoms with E-state index in [4.69, 9.17) is 0 Å². The van der Waals surface area contributed by atoms with Gasteiger partial charge in [0, 0.05) is 0 Å². The Morgan fingerprint density at radius 2 is 0.412 bits per heavy atom. The molecule has 0 radical (unpaired) electrons. The van der Waals surface area contributed by atoms with Crippen molar-refractivity contribution in [2.45, 2.75) is 200 Å². The Bertz CT molecular complexity index is 277. The van der Waals surface area contributed by atoms with Crippen LogP contribution in [0.4, 0.5) is 0 Å². The van der Waals surface area contributed by atoms with Crippen molar-refractivity contribution < 1.29 is 0 Å². The van der Waals surface area contributed by atoms with Crippen LogP contribution in [0.25, 0.3) is 0 Å². The van der Waals surface area contributed by atoms with Crippen molar-refractivity contribution >= 4 is 40.7 Å². The van der Waals surface area contributed by atoms with E-state index in [0.717, 1.165) is 0 Å². The van der Waals surface area contributed by atoms with Crippen LogP contribution in [0, 0.1) is 0 Å². The van der Waals surface area contributed by atoms with E-state index in [-0.39, 0.29) is 0 Å². The Labute approximate surface area is 239 Å². The molecule has 0 aromatic carbocycles. The van der Waals surface area contributed by atoms with Gasteiger partial charge in [-0.15, -0.1) is 18.2 Å². The molecule has 34 heavy (non-hydrogen) atoms. The third kappa shape index (κ3) is 40.7. The number of rotatable bonds is 28. The summed E-state index contributed by atoms with van der Waals surface area (Å²) >= 11 is 0.672. The normalized spacial score (nSPS) is 10.5. The summed E-state index contributed by atoms with van der Waals surface area (Å²) in [7, 11) is 0. The second kappa shape index (κ2) is 39.1. The van der Waals surface area contributed by atoms with Gasteiger partial charge >= 0.3 is 40.7 Å². The first-order valence-electron chi connectivity index (χ1n) is 16.8. The van der Waals surface area contributed by atoms with E-state index in [2.05, 4.69) is 27.7 Å². The maximum atomic E-state index is 2.30. The lowest BCUT2D eigenvalue weighted by atomic mass is 10.1. The fourth-order valence-corrected chi connectivity index (χ4v) is 8.42. The molecule has 0 heterocycles. The van der Waals surface area contributed by atoms with Gasteiger partial charge in [-0.25, -0.2) is 0 Å². The standard InChI is InChI=1S/2C10H21.2C6H13.2Mg/c2*1-3-5-7-9-10-8-6-4-2;2*1-3-5-6-4-2;;/h2*1,3-10H2,2H3;2*1,3-6H2,2H3;;. The van der Waals surface area contributed by atoms with Crippen LogP contribution < -0.4 is 0 Å². The largest absolute Gasteiger partial charge is 0.364 e. The maximum Gasteiger partial charge on any atom is 0.364 e. The van der Waals surface area contributed by atoms with Crippen molar-refractivity contribution in [3.8, 4) is 0 Å². The van der Waals surface area contributed by atoms with Crippen molar-refractivity contribution in [2.24, 2.45) is 0 Å². The number of hydrogen-bond donors (Lipinski definition) is 0. The molecule has 0 nitrogen and oxygen atoms in total. The lowest BCUT2D eigenvalue weighted by molar-refractivity contribution is 0.582. The monoisotopic (exact) mass is 501 g/mol. The molecule has 0 aromatic heterocycles. The third-order valence-corrected chi connectivity index (χ3v) is 11.4. The fraction of sp³-hybridized carbons (Fsp3) is 1.00. The summed E-state index contributed by atoms with van der Waals surface area (Å²) in [6.07, 6.45) is 35.5. The highest BCUT2D eigenvalue weighted by Gasteiger charge is 1.98. The van der Waals surface area contributed by atoms with Crippen molar-refractivity contribution in [2.75, 3.05) is 0 Å². The van der Waals surface area contributed by atoms with Gasteiger partial charge < -0.3 is 0 Å². The van der Waals surface area contributed by atoms with Crippen molar-refractivity contribution in [3.05, 3.63) is 0 Å². The molecule has 0 fully saturated rings. The number of unbranched alkanes of at least 4 members (excludes halogenated alkanes) is 20. The molecule has 200 valence electrons. The zero-order valence-corrected chi connectivity index (χ0v) is 28.0. The lowest BCUT2D eigenvalue weighted by Crippen LogP contribution is -1.90. The first-order chi connectivity index (χ1) is 16.8. The highest BCUT2D eigenvalue weighted by Crippen LogP contribution is 2.12. The van der Waals surface area contributed by atoms with Crippen LogP contribution in [0.1, 0.15) is 182 Å². The van der Waals surface area contributed by atoms with Crippen LogP contribution >= 0.6 is 0 Å². The quantitative estimate of drug-likeness (QED) is 0.0739. The Morgan fingerprint density at radius 3 is 0.647 bits per heavy atom. The van der Waals surface area contributed by atoms with Crippen molar-refractivity contribution in [1.29, 1.82) is 0 Å². The van der Waals surface area contributed by atoms with E-state index in [9.17, 15) is 0 Å². The molecule has 0 saturated carbocycles. The molecule has 0 bridgehead atoms. The van der Waals surface area contributed by atoms with Crippen LogP contribution in [0.2, 0.25) is 18.2 Å². The van der Waals surface area contributed by atoms with Crippen molar-refractivity contribution in [3.63, 3.8) is 0 Å². The summed E-state index contributed by atoms with van der Waals surface area (Å²) < 4.78 is 6.50. The maximum absolute atomic E-state index is 2.30. The molecular formula is C32H68Mg2. The molecule has 0 unspecified atom stereocenters. The van der Waals surface area contributed by atoms with Gasteiger partial charge in [0.1, 0.15) is 0 Å². The highest BCUT2D eigenvalue weighted by atomic mass is 24.5. The van der Waals surface area contributed by atoms with E-state index < -0.39 is 0 Å². The minimum absolute atomic E-state index is 0.316. The summed E-state index contributed by atoms with van der Waals surface area (Å²) in [5.41, 5.74) is 0. The number of hydrogen-bond acceptors (Lipinski definition) is 0. The lowest BCUT2D eigenvalue weighted by Gasteiger charge is -2.02. The summed E-state index contributed by atoms with van der Waals surface area (Å²) in [6, 6.07) is 0. The second-order valence-corrected chi connectivity index (χ2v) is 15.4. The van der Waals surface area contributed by atoms with E-state index in [1.165, 1.54) is 141 Å². The highest BCUT2D eigenvalue weighted by molar-refractivity contribution is 6.35. The minimum atomic E-state index is 0.316. The van der Waals surface area contributed by atoms with E-state index in [1.807, 2.05) is 0 Å². The molecule has 0 spiro atoms. The molecule has 0 aliphatic carbocycles. The summed E-state index contributed by atoms with van der Waals surface area (Å²) in [5, 5.41) is 0. The first-order valence-corrected chi connectivity index (χ1v) is 20.8.